The van der Waals surface area contributed by atoms with Gasteiger partial charge in [-0.15, -0.1) is 0 Å². The predicted molar refractivity (Wildman–Crippen MR) is 44.5 cm³/mol. The van der Waals surface area contributed by atoms with E-state index in [4.69, 9.17) is 11.6 Å². The molecule has 0 aliphatic carbocycles. The van der Waals surface area contributed by atoms with Crippen molar-refractivity contribution in [1.29, 1.82) is 0 Å². The zero-order valence-corrected chi connectivity index (χ0v) is 12.3. The number of nitro groups is 1. The van der Waals surface area contributed by atoms with E-state index in [1.807, 2.05) is 0 Å². The minimum atomic E-state index is -0.654. The normalized spacial score (nSPS) is 9.08. The van der Waals surface area contributed by atoms with Crippen LogP contribution >= 0.6 is 11.6 Å². The fourth-order valence-corrected chi connectivity index (χ4v) is 0.961. The molecule has 0 amide bonds. The first-order valence-electron chi connectivity index (χ1n) is 3.16. The molecular weight excluding hydrogens is 409 g/mol. The van der Waals surface area contributed by atoms with E-state index < -0.39 is 4.92 Å². The fraction of sp³-hybridized carbons (Fsp3) is 0.143. The Balaban J connectivity index is 0.00000144. The largest absolute Gasteiger partial charge is 0.502 e. The van der Waals surface area contributed by atoms with Crippen molar-refractivity contribution < 1.29 is 54.1 Å². The number of phenols is 1. The van der Waals surface area contributed by atoms with Gasteiger partial charge in [-0.25, -0.2) is 0 Å². The summed E-state index contributed by atoms with van der Waals surface area (Å²) in [4.78, 5) is 9.63. The third-order valence-electron chi connectivity index (χ3n) is 1.54. The predicted octanol–water partition coefficient (Wildman–Crippen LogP) is 2.26. The molecule has 1 aromatic rings. The number of rotatable bonds is 1. The van der Waals surface area contributed by atoms with Crippen LogP contribution in [0.15, 0.2) is 12.1 Å². The van der Waals surface area contributed by atoms with Gasteiger partial charge < -0.3 is 5.11 Å². The maximum atomic E-state index is 10.3. The van der Waals surface area contributed by atoms with Crippen LogP contribution in [0.3, 0.4) is 0 Å². The molecule has 13 heavy (non-hydrogen) atoms. The maximum Gasteiger partial charge on any atom is 0.311 e. The molecule has 0 heterocycles. The van der Waals surface area contributed by atoms with Crippen LogP contribution in [0.1, 0.15) is 5.56 Å². The number of hydrogen-bond acceptors (Lipinski definition) is 3. The molecule has 1 N–H and O–H groups in total. The van der Waals surface area contributed by atoms with Gasteiger partial charge in [-0.2, -0.15) is 0 Å². The number of hydrogen-bond donors (Lipinski definition) is 1. The quantitative estimate of drug-likeness (QED) is 0.566. The molecule has 0 spiro atoms. The van der Waals surface area contributed by atoms with E-state index in [-0.39, 0.29) is 55.5 Å². The van der Waals surface area contributed by atoms with Crippen molar-refractivity contribution in [2.24, 2.45) is 0 Å². The van der Waals surface area contributed by atoms with Gasteiger partial charge in [0.25, 0.3) is 0 Å². The van der Waals surface area contributed by atoms with Crippen molar-refractivity contribution in [3.05, 3.63) is 32.8 Å². The van der Waals surface area contributed by atoms with E-state index in [1.54, 1.807) is 0 Å². The molecule has 0 aliphatic rings. The van der Waals surface area contributed by atoms with E-state index in [1.165, 1.54) is 19.1 Å². The van der Waals surface area contributed by atoms with Crippen LogP contribution in [-0.2, 0) is 0 Å². The molecule has 4 nitrogen and oxygen atoms in total. The van der Waals surface area contributed by atoms with E-state index in [0.29, 0.717) is 10.6 Å². The topological polar surface area (TPSA) is 63.4 Å². The maximum absolute atomic E-state index is 10.3. The van der Waals surface area contributed by atoms with Gasteiger partial charge in [0.05, 0.1) is 4.92 Å². The number of nitrogens with zero attached hydrogens (tertiary/aromatic N) is 1. The molecule has 1 rings (SSSR count). The minimum absolute atomic E-state index is 0. The second-order valence-electron chi connectivity index (χ2n) is 2.30. The zero-order chi connectivity index (χ0) is 9.30. The second-order valence-corrected chi connectivity index (χ2v) is 2.70. The van der Waals surface area contributed by atoms with Crippen molar-refractivity contribution >= 4 is 17.3 Å². The average Bonchev–Trinajstić information content (AvgIpc) is 2.00. The number of benzene rings is 1. The van der Waals surface area contributed by atoms with Gasteiger partial charge in [0.15, 0.2) is 5.75 Å². The van der Waals surface area contributed by atoms with Gasteiger partial charge in [-0.3, -0.25) is 10.1 Å². The Morgan fingerprint density at radius 2 is 2.08 bits per heavy atom. The van der Waals surface area contributed by atoms with Gasteiger partial charge in [-0.05, 0) is 13.0 Å². The molecule has 0 saturated carbocycles. The third kappa shape index (κ3) is 2.80. The molecule has 0 fully saturated rings. The fourth-order valence-electron chi connectivity index (χ4n) is 0.809. The minimum Gasteiger partial charge on any atom is -0.502 e. The van der Waals surface area contributed by atoms with E-state index in [2.05, 4.69) is 0 Å². The number of nitro benzene ring substituents is 1. The molecule has 1 radical (unpaired) electrons. The van der Waals surface area contributed by atoms with Gasteiger partial charge in [-0.1, -0.05) is 11.6 Å². The first-order chi connectivity index (χ1) is 5.54. The molecule has 0 aromatic heterocycles. The summed E-state index contributed by atoms with van der Waals surface area (Å²) in [5, 5.41) is 19.8. The summed E-state index contributed by atoms with van der Waals surface area (Å²) in [6.07, 6.45) is 0. The standard InChI is InChI=1S/C7H6ClNO3.Ac/c1-4-5(8)2-3-6(7(4)10)9(11)12;/h2-3,10H,1H3;. The third-order valence-corrected chi connectivity index (χ3v) is 1.95. The van der Waals surface area contributed by atoms with Gasteiger partial charge in [0.2, 0.25) is 0 Å². The summed E-state index contributed by atoms with van der Waals surface area (Å²) in [6, 6.07) is 2.55. The Hall–Kier alpha value is 0.152. The molecule has 0 atom stereocenters. The molecule has 0 saturated heterocycles. The summed E-state index contributed by atoms with van der Waals surface area (Å²) >= 11 is 5.61. The van der Waals surface area contributed by atoms with E-state index in [0.717, 1.165) is 0 Å². The molecule has 0 aliphatic heterocycles. The van der Waals surface area contributed by atoms with Crippen LogP contribution in [0.2, 0.25) is 5.02 Å². The average molecular weight is 415 g/mol. The first-order valence-corrected chi connectivity index (χ1v) is 3.54. The van der Waals surface area contributed by atoms with Gasteiger partial charge >= 0.3 is 5.69 Å². The Bertz CT molecular complexity index is 343. The van der Waals surface area contributed by atoms with Crippen molar-refractivity contribution in [2.75, 3.05) is 0 Å². The van der Waals surface area contributed by atoms with Crippen molar-refractivity contribution in [3.63, 3.8) is 0 Å². The smallest absolute Gasteiger partial charge is 0.311 e. The van der Waals surface area contributed by atoms with E-state index >= 15 is 0 Å². The Morgan fingerprint density at radius 3 is 2.54 bits per heavy atom. The van der Waals surface area contributed by atoms with Crippen molar-refractivity contribution in [1.82, 2.24) is 0 Å². The number of aromatic hydroxyl groups is 1. The molecule has 0 unspecified atom stereocenters. The monoisotopic (exact) mass is 414 g/mol. The summed E-state index contributed by atoms with van der Waals surface area (Å²) < 4.78 is 0. The van der Waals surface area contributed by atoms with Crippen LogP contribution in [0, 0.1) is 61.1 Å². The number of halogens is 1. The van der Waals surface area contributed by atoms with Gasteiger partial charge in [0, 0.05) is 60.7 Å². The summed E-state index contributed by atoms with van der Waals surface area (Å²) in [7, 11) is 0. The van der Waals surface area contributed by atoms with Crippen LogP contribution in [0.25, 0.3) is 0 Å². The zero-order valence-electron chi connectivity index (χ0n) is 6.82. The van der Waals surface area contributed by atoms with Crippen LogP contribution in [-0.4, -0.2) is 10.0 Å². The first kappa shape index (κ1) is 13.2. The molecular formula is C7H6AcClNO3. The summed E-state index contributed by atoms with van der Waals surface area (Å²) in [5.41, 5.74) is 0.00256. The Labute approximate surface area is 116 Å². The molecule has 6 heteroatoms. The van der Waals surface area contributed by atoms with Crippen LogP contribution in [0.4, 0.5) is 5.69 Å². The van der Waals surface area contributed by atoms with Crippen LogP contribution in [0.5, 0.6) is 5.75 Å². The molecule has 0 bridgehead atoms. The van der Waals surface area contributed by atoms with E-state index in [9.17, 15) is 15.2 Å². The number of phenolic OH excluding ortho intramolecular Hbond substituents is 1. The molecule has 1 aromatic carbocycles. The van der Waals surface area contributed by atoms with Crippen molar-refractivity contribution in [3.8, 4) is 5.75 Å². The Kier molecular flexibility index (Phi) is 5.20. The van der Waals surface area contributed by atoms with Crippen LogP contribution < -0.4 is 0 Å². The van der Waals surface area contributed by atoms with Gasteiger partial charge in [0.1, 0.15) is 0 Å². The SMILES string of the molecule is Cc1c(Cl)ccc([N+](=O)[O-])c1O.[Ac]. The van der Waals surface area contributed by atoms with Crippen molar-refractivity contribution in [2.45, 2.75) is 6.92 Å². The Morgan fingerprint density at radius 1 is 1.54 bits per heavy atom. The second kappa shape index (κ2) is 5.14. The summed E-state index contributed by atoms with van der Waals surface area (Å²) in [5.74, 6) is -0.368. The summed E-state index contributed by atoms with van der Waals surface area (Å²) in [6.45, 7) is 1.52. The molecule has 67 valence electrons.